The van der Waals surface area contributed by atoms with Gasteiger partial charge in [0.1, 0.15) is 24.1 Å². The minimum Gasteiger partial charge on any atom is -0.495 e. The lowest BCUT2D eigenvalue weighted by Crippen LogP contribution is -2.45. The largest absolute Gasteiger partial charge is 0.495 e. The van der Waals surface area contributed by atoms with Gasteiger partial charge in [-0.1, -0.05) is 46.3 Å². The number of carbonyl (C=O) groups excluding carboxylic acids is 2. The van der Waals surface area contributed by atoms with E-state index >= 15 is 0 Å². The number of ether oxygens (including phenoxy) is 5. The van der Waals surface area contributed by atoms with Crippen LogP contribution < -0.4 is 14.8 Å². The zero-order valence-electron chi connectivity index (χ0n) is 32.3. The van der Waals surface area contributed by atoms with Gasteiger partial charge in [-0.3, -0.25) is 5.10 Å². The number of aromatic nitrogens is 3. The second-order valence-corrected chi connectivity index (χ2v) is 16.1. The Morgan fingerprint density at radius 3 is 2.55 bits per heavy atom. The summed E-state index contributed by atoms with van der Waals surface area (Å²) in [4.78, 5) is 38.1. The molecule has 4 unspecified atom stereocenters. The highest BCUT2D eigenvalue weighted by Crippen LogP contribution is 2.47. The standard InChI is InChI=1S/C40H54N6O7/c1-10-40(13-14-40)51-23-42-29-22-26(11-12-30(29)49-9)34-43-35-31(32(41-8)36(46(35)44-34)53-38(48)45-15-17-50-18-16-45)37(47)52-33-27(19-24(2)3)20-25(4)21-28(33)39(5,6)7/h11-12,19,22,25,27-28,33,42H,10,13-18,20-21,23H2,1-7,9H3,(H,43,44). The number of aromatic amines is 1. The van der Waals surface area contributed by atoms with E-state index in [1.54, 1.807) is 7.11 Å². The first kappa shape index (κ1) is 38.2. The topological polar surface area (TPSA) is 133 Å². The summed E-state index contributed by atoms with van der Waals surface area (Å²) >= 11 is 0. The molecule has 1 saturated heterocycles. The van der Waals surface area contributed by atoms with Gasteiger partial charge < -0.3 is 33.9 Å². The highest BCUT2D eigenvalue weighted by molar-refractivity contribution is 6.05. The van der Waals surface area contributed by atoms with Crippen LogP contribution >= 0.6 is 0 Å². The predicted octanol–water partition coefficient (Wildman–Crippen LogP) is 8.25. The van der Waals surface area contributed by atoms with Crippen LogP contribution in [0.15, 0.2) is 29.8 Å². The number of esters is 1. The van der Waals surface area contributed by atoms with Crippen molar-refractivity contribution in [2.24, 2.45) is 23.2 Å². The van der Waals surface area contributed by atoms with E-state index in [1.807, 2.05) is 18.2 Å². The van der Waals surface area contributed by atoms with E-state index < -0.39 is 18.2 Å². The zero-order valence-corrected chi connectivity index (χ0v) is 32.3. The number of nitrogens with zero attached hydrogens (tertiary/aromatic N) is 4. The third-order valence-electron chi connectivity index (χ3n) is 10.9. The van der Waals surface area contributed by atoms with E-state index in [0.717, 1.165) is 37.7 Å². The van der Waals surface area contributed by atoms with Crippen molar-refractivity contribution < 1.29 is 33.3 Å². The van der Waals surface area contributed by atoms with Crippen LogP contribution in [-0.4, -0.2) is 83.4 Å². The Labute approximate surface area is 312 Å². The summed E-state index contributed by atoms with van der Waals surface area (Å²) in [6.07, 6.45) is 5.95. The molecule has 3 aromatic rings. The molecule has 3 heterocycles. The summed E-state index contributed by atoms with van der Waals surface area (Å²) in [7, 11) is 1.60. The summed E-state index contributed by atoms with van der Waals surface area (Å²) < 4.78 is 31.0. The summed E-state index contributed by atoms with van der Waals surface area (Å²) in [6.45, 7) is 25.0. The molecule has 3 aliphatic rings. The first-order valence-corrected chi connectivity index (χ1v) is 18.8. The fourth-order valence-corrected chi connectivity index (χ4v) is 7.73. The van der Waals surface area contributed by atoms with Gasteiger partial charge in [0.05, 0.1) is 38.2 Å². The Balaban J connectivity index is 1.41. The van der Waals surface area contributed by atoms with Crippen LogP contribution in [0.4, 0.5) is 16.2 Å². The number of morpholine rings is 1. The highest BCUT2D eigenvalue weighted by Gasteiger charge is 2.45. The third kappa shape index (κ3) is 8.19. The van der Waals surface area contributed by atoms with E-state index in [9.17, 15) is 9.59 Å². The minimum atomic E-state index is -0.680. The maximum Gasteiger partial charge on any atom is 0.415 e. The molecule has 2 aliphatic carbocycles. The molecular weight excluding hydrogens is 676 g/mol. The van der Waals surface area contributed by atoms with Gasteiger partial charge in [0.25, 0.3) is 5.69 Å². The van der Waals surface area contributed by atoms with Crippen molar-refractivity contribution in [3.8, 4) is 23.0 Å². The molecule has 1 aromatic carbocycles. The number of hydrogen-bond donors (Lipinski definition) is 2. The Morgan fingerprint density at radius 1 is 1.19 bits per heavy atom. The molecule has 2 N–H and O–H groups in total. The normalized spacial score (nSPS) is 22.5. The van der Waals surface area contributed by atoms with Crippen LogP contribution in [0, 0.1) is 29.7 Å². The van der Waals surface area contributed by atoms with E-state index in [1.165, 1.54) is 9.42 Å². The van der Waals surface area contributed by atoms with Gasteiger partial charge in [-0.15, -0.1) is 0 Å². The smallest absolute Gasteiger partial charge is 0.415 e. The highest BCUT2D eigenvalue weighted by atomic mass is 16.6. The molecule has 13 nitrogen and oxygen atoms in total. The summed E-state index contributed by atoms with van der Waals surface area (Å²) in [5.41, 5.74) is 2.24. The Kier molecular flexibility index (Phi) is 11.1. The summed E-state index contributed by atoms with van der Waals surface area (Å²) in [5, 5.41) is 6.54. The van der Waals surface area contributed by atoms with Gasteiger partial charge in [-0.25, -0.2) is 23.9 Å². The molecule has 4 atom stereocenters. The van der Waals surface area contributed by atoms with Gasteiger partial charge in [0, 0.05) is 30.5 Å². The van der Waals surface area contributed by atoms with Gasteiger partial charge in [0.15, 0.2) is 11.5 Å². The molecule has 0 radical (unpaired) electrons. The quantitative estimate of drug-likeness (QED) is 0.0866. The van der Waals surface area contributed by atoms with Crippen LogP contribution in [-0.2, 0) is 14.2 Å². The second-order valence-electron chi connectivity index (χ2n) is 16.1. The first-order chi connectivity index (χ1) is 25.3. The predicted molar refractivity (Wildman–Crippen MR) is 202 cm³/mol. The lowest BCUT2D eigenvalue weighted by molar-refractivity contribution is -0.0535. The zero-order chi connectivity index (χ0) is 38.1. The van der Waals surface area contributed by atoms with Crippen molar-refractivity contribution >= 4 is 29.1 Å². The summed E-state index contributed by atoms with van der Waals surface area (Å²) in [5.74, 6) is 0.720. The Bertz CT molecular complexity index is 1880. The number of carbonyl (C=O) groups is 2. The number of allylic oxidation sites excluding steroid dienone is 1. The van der Waals surface area contributed by atoms with Crippen LogP contribution in [0.25, 0.3) is 21.9 Å². The number of H-pyrrole nitrogens is 1. The number of rotatable bonds is 11. The molecule has 0 bridgehead atoms. The maximum atomic E-state index is 14.5. The van der Waals surface area contributed by atoms with E-state index in [0.29, 0.717) is 61.8 Å². The lowest BCUT2D eigenvalue weighted by Gasteiger charge is -2.45. The number of hydrogen-bond acceptors (Lipinski definition) is 9. The monoisotopic (exact) mass is 730 g/mol. The van der Waals surface area contributed by atoms with Crippen LogP contribution in [0.1, 0.15) is 90.9 Å². The molecule has 1 amide bonds. The number of methoxy groups -OCH3 is 1. The SMILES string of the molecule is [C-]#[N+]c1c(C(=O)OC2C(C=C(C)C)CC(C)CC2C(C)(C)C)c2nc(-c3ccc(OC)c(NCOC4(CC)CC4)c3)[nH]n2c1OC(=O)N1CCOCC1. The van der Waals surface area contributed by atoms with Gasteiger partial charge in [0.2, 0.25) is 5.88 Å². The van der Waals surface area contributed by atoms with Crippen LogP contribution in [0.5, 0.6) is 11.6 Å². The third-order valence-corrected chi connectivity index (χ3v) is 10.9. The maximum absolute atomic E-state index is 14.5. The molecule has 1 aliphatic heterocycles. The number of nitrogens with one attached hydrogen (secondary N) is 2. The van der Waals surface area contributed by atoms with Crippen LogP contribution in [0.3, 0.4) is 0 Å². The van der Waals surface area contributed by atoms with E-state index in [2.05, 4.69) is 69.8 Å². The minimum absolute atomic E-state index is 0.00102. The molecule has 2 aromatic heterocycles. The molecule has 6 rings (SSSR count). The van der Waals surface area contributed by atoms with Gasteiger partial charge >= 0.3 is 12.1 Å². The van der Waals surface area contributed by atoms with E-state index in [-0.39, 0.29) is 45.6 Å². The molecule has 53 heavy (non-hydrogen) atoms. The Morgan fingerprint density at radius 2 is 1.92 bits per heavy atom. The fraction of sp³-hybridized carbons (Fsp3) is 0.600. The number of fused-ring (bicyclic) bond motifs is 1. The molecule has 3 fully saturated rings. The summed E-state index contributed by atoms with van der Waals surface area (Å²) in [6, 6.07) is 5.54. The second kappa shape index (κ2) is 15.4. The van der Waals surface area contributed by atoms with Crippen molar-refractivity contribution in [3.63, 3.8) is 0 Å². The Hall–Kier alpha value is -4.54. The average molecular weight is 731 g/mol. The fourth-order valence-electron chi connectivity index (χ4n) is 7.73. The van der Waals surface area contributed by atoms with Gasteiger partial charge in [-0.2, -0.15) is 0 Å². The van der Waals surface area contributed by atoms with Crippen molar-refractivity contribution in [1.82, 2.24) is 19.5 Å². The van der Waals surface area contributed by atoms with Crippen LogP contribution in [0.2, 0.25) is 0 Å². The van der Waals surface area contributed by atoms with Crippen molar-refractivity contribution in [2.45, 2.75) is 92.3 Å². The van der Waals surface area contributed by atoms with Gasteiger partial charge in [-0.05, 0) is 75.5 Å². The van der Waals surface area contributed by atoms with E-state index in [4.69, 9.17) is 35.2 Å². The lowest BCUT2D eigenvalue weighted by atomic mass is 9.64. The molecule has 286 valence electrons. The first-order valence-electron chi connectivity index (χ1n) is 18.8. The number of benzene rings is 1. The van der Waals surface area contributed by atoms with Crippen molar-refractivity contribution in [1.29, 1.82) is 0 Å². The van der Waals surface area contributed by atoms with Crippen molar-refractivity contribution in [2.75, 3.05) is 45.5 Å². The average Bonchev–Trinajstić information content (AvgIpc) is 3.68. The number of amides is 1. The number of anilines is 1. The molecule has 0 spiro atoms. The molecule has 13 heteroatoms. The molecular formula is C40H54N6O7. The molecule has 2 saturated carbocycles. The van der Waals surface area contributed by atoms with Crippen molar-refractivity contribution in [3.05, 3.63) is 46.8 Å².